The second-order valence-corrected chi connectivity index (χ2v) is 12.5. The summed E-state index contributed by atoms with van der Waals surface area (Å²) >= 11 is 0. The summed E-state index contributed by atoms with van der Waals surface area (Å²) in [5.74, 6) is -59.2. The molecule has 310 valence electrons. The highest BCUT2D eigenvalue weighted by atomic mass is 19.3. The van der Waals surface area contributed by atoms with Gasteiger partial charge in [0.2, 0.25) is 0 Å². The molecule has 2 nitrogen and oxygen atoms in total. The minimum atomic E-state index is -8.91. The minimum absolute atomic E-state index is 0.438. The molecule has 52 heavy (non-hydrogen) atoms. The van der Waals surface area contributed by atoms with E-state index in [1.54, 1.807) is 0 Å². The molecule has 0 saturated carbocycles. The third-order valence-electron chi connectivity index (χ3n) is 9.57. The first-order valence-corrected chi connectivity index (χ1v) is 14.7. The van der Waals surface area contributed by atoms with Crippen LogP contribution in [0, 0.1) is 16.2 Å². The Hall–Kier alpha value is -2.26. The molecule has 0 radical (unpaired) electrons. The van der Waals surface area contributed by atoms with Gasteiger partial charge in [-0.25, -0.2) is 97.0 Å². The number of carbonyl (C=O) groups is 1. The number of allylic oxidation sites excluding steroid dienone is 1. The Morgan fingerprint density at radius 3 is 0.712 bits per heavy atom. The SMILES string of the molecule is C/C(C(=O)O)=C(/C)C(C(F)(F)C(C)F)(C(F)(F)C(C)F)C(C(F)(F)C(C)F)(C(F)(F)C(C)F)C(C(F)(F)C(C)F)(C(F)(F)C(C)F)C(F)(F)C(C)F. The van der Waals surface area contributed by atoms with Crippen molar-refractivity contribution in [1.82, 2.24) is 0 Å². The molecule has 0 aromatic carbocycles. The number of hydrogen-bond acceptors (Lipinski definition) is 1. The molecule has 0 amide bonds. The van der Waals surface area contributed by atoms with E-state index in [1.807, 2.05) is 0 Å². The molecule has 7 atom stereocenters. The lowest BCUT2D eigenvalue weighted by Gasteiger charge is -2.71. The van der Waals surface area contributed by atoms with Crippen LogP contribution in [0.2, 0.25) is 0 Å². The van der Waals surface area contributed by atoms with Gasteiger partial charge in [-0.05, 0) is 67.9 Å². The van der Waals surface area contributed by atoms with Gasteiger partial charge in [0.1, 0.15) is 10.8 Å². The van der Waals surface area contributed by atoms with Crippen LogP contribution in [-0.2, 0) is 4.79 Å². The second-order valence-electron chi connectivity index (χ2n) is 12.5. The molecule has 0 heterocycles. The predicted octanol–water partition coefficient (Wildman–Crippen LogP) is 11.3. The van der Waals surface area contributed by atoms with E-state index in [0.717, 1.165) is 0 Å². The van der Waals surface area contributed by atoms with E-state index in [1.165, 1.54) is 0 Å². The van der Waals surface area contributed by atoms with Gasteiger partial charge in [0.05, 0.1) is 0 Å². The molecule has 7 unspecified atom stereocenters. The van der Waals surface area contributed by atoms with Crippen molar-refractivity contribution in [1.29, 1.82) is 0 Å². The van der Waals surface area contributed by atoms with Gasteiger partial charge in [0.25, 0.3) is 41.5 Å². The molecule has 0 aliphatic carbocycles. The third-order valence-corrected chi connectivity index (χ3v) is 9.57. The van der Waals surface area contributed by atoms with Gasteiger partial charge in [0, 0.05) is 5.57 Å². The predicted molar refractivity (Wildman–Crippen MR) is 142 cm³/mol. The van der Waals surface area contributed by atoms with Crippen LogP contribution in [0.15, 0.2) is 11.1 Å². The molecular formula is C29H35F21O2. The number of alkyl halides is 21. The third kappa shape index (κ3) is 5.74. The van der Waals surface area contributed by atoms with Crippen LogP contribution in [0.5, 0.6) is 0 Å². The molecule has 0 rings (SSSR count). The summed E-state index contributed by atoms with van der Waals surface area (Å²) in [7, 11) is 0. The molecule has 0 fully saturated rings. The van der Waals surface area contributed by atoms with Crippen molar-refractivity contribution in [3.05, 3.63) is 11.1 Å². The Balaban J connectivity index is 11.9. The maximum absolute atomic E-state index is 17.0. The second kappa shape index (κ2) is 14.4. The van der Waals surface area contributed by atoms with Crippen LogP contribution in [0.1, 0.15) is 62.3 Å². The van der Waals surface area contributed by atoms with Gasteiger partial charge in [-0.2, -0.15) is 0 Å². The number of aliphatic carboxylic acids is 1. The van der Waals surface area contributed by atoms with Crippen molar-refractivity contribution in [3.63, 3.8) is 0 Å². The summed E-state index contributed by atoms with van der Waals surface area (Å²) in [4.78, 5) is 12.0. The zero-order valence-corrected chi connectivity index (χ0v) is 28.3. The quantitative estimate of drug-likeness (QED) is 0.111. The lowest BCUT2D eigenvalue weighted by Crippen LogP contribution is -2.92. The number of halogens is 21. The molecular weight excluding hydrogens is 779 g/mol. The monoisotopic (exact) mass is 814 g/mol. The summed E-state index contributed by atoms with van der Waals surface area (Å²) in [5, 5.41) is 9.48. The van der Waals surface area contributed by atoms with Crippen LogP contribution >= 0.6 is 0 Å². The van der Waals surface area contributed by atoms with E-state index < -0.39 is 180 Å². The largest absolute Gasteiger partial charge is 0.478 e. The van der Waals surface area contributed by atoms with Crippen LogP contribution in [0.25, 0.3) is 0 Å². The van der Waals surface area contributed by atoms with E-state index in [-0.39, 0.29) is 0 Å². The molecule has 0 spiro atoms. The Kier molecular flexibility index (Phi) is 13.8. The van der Waals surface area contributed by atoms with Gasteiger partial charge in [-0.15, -0.1) is 0 Å². The lowest BCUT2D eigenvalue weighted by atomic mass is 9.34. The van der Waals surface area contributed by atoms with E-state index in [4.69, 9.17) is 0 Å². The molecule has 0 aliphatic rings. The fourth-order valence-electron chi connectivity index (χ4n) is 6.95. The smallest absolute Gasteiger partial charge is 0.331 e. The van der Waals surface area contributed by atoms with Crippen LogP contribution in [0.4, 0.5) is 92.2 Å². The molecule has 0 aromatic rings. The van der Waals surface area contributed by atoms with Crippen molar-refractivity contribution >= 4 is 5.97 Å². The highest BCUT2D eigenvalue weighted by Gasteiger charge is 3.06. The minimum Gasteiger partial charge on any atom is -0.478 e. The standard InChI is InChI=1S/C29H35F21O2/c1-10(19(51)52)11(2)20(21(37,38)12(3)30,22(39,40)13(4)31)28(23(41,42)14(5)32,24(43,44)15(6)33)29(25(45,46)16(7)34,26(47,48)17(8)35)27(49,50)18(9)36/h12-18H,1-9H3,(H,51,52)/b11-10+. The van der Waals surface area contributed by atoms with Gasteiger partial charge in [-0.3, -0.25) is 0 Å². The summed E-state index contributed by atoms with van der Waals surface area (Å²) in [6.45, 7) is -8.45. The van der Waals surface area contributed by atoms with Crippen molar-refractivity contribution in [3.8, 4) is 0 Å². The molecule has 1 N–H and O–H groups in total. The van der Waals surface area contributed by atoms with Gasteiger partial charge in [-0.1, -0.05) is 0 Å². The Morgan fingerprint density at radius 1 is 0.385 bits per heavy atom. The van der Waals surface area contributed by atoms with Gasteiger partial charge < -0.3 is 5.11 Å². The first kappa shape index (κ1) is 49.7. The fraction of sp³-hybridized carbons (Fsp3) is 0.897. The first-order valence-electron chi connectivity index (χ1n) is 14.7. The average Bonchev–Trinajstić information content (AvgIpc) is 2.94. The lowest BCUT2D eigenvalue weighted by molar-refractivity contribution is -0.511. The summed E-state index contributed by atoms with van der Waals surface area (Å²) in [5.41, 5.74) is -32.0. The van der Waals surface area contributed by atoms with Crippen LogP contribution in [-0.4, -0.2) is 95.7 Å². The van der Waals surface area contributed by atoms with Gasteiger partial charge in [0.15, 0.2) is 48.6 Å². The number of hydrogen-bond donors (Lipinski definition) is 1. The van der Waals surface area contributed by atoms with Crippen molar-refractivity contribution in [2.75, 3.05) is 0 Å². The number of rotatable bonds is 18. The maximum atomic E-state index is 17.0. The molecule has 23 heteroatoms. The van der Waals surface area contributed by atoms with Crippen molar-refractivity contribution < 1.29 is 102 Å². The fourth-order valence-corrected chi connectivity index (χ4v) is 6.95. The first-order chi connectivity index (χ1) is 22.6. The van der Waals surface area contributed by atoms with Crippen LogP contribution in [0.3, 0.4) is 0 Å². The highest BCUT2D eigenvalue weighted by molar-refractivity contribution is 5.87. The molecule has 0 bridgehead atoms. The number of carboxylic acids is 1. The average molecular weight is 815 g/mol. The Morgan fingerprint density at radius 2 is 0.558 bits per heavy atom. The summed E-state index contributed by atoms with van der Waals surface area (Å²) in [6.07, 6.45) is -37.4. The Labute approximate surface area is 283 Å². The van der Waals surface area contributed by atoms with Crippen molar-refractivity contribution in [2.45, 2.75) is 147 Å². The van der Waals surface area contributed by atoms with Gasteiger partial charge >= 0.3 is 5.97 Å². The zero-order valence-electron chi connectivity index (χ0n) is 28.3. The summed E-state index contributed by atoms with van der Waals surface area (Å²) in [6, 6.07) is 0. The van der Waals surface area contributed by atoms with E-state index in [0.29, 0.717) is 0 Å². The van der Waals surface area contributed by atoms with E-state index in [2.05, 4.69) is 0 Å². The molecule has 0 aromatic heterocycles. The van der Waals surface area contributed by atoms with Crippen LogP contribution < -0.4 is 0 Å². The normalized spacial score (nSPS) is 22.8. The topological polar surface area (TPSA) is 37.3 Å². The number of carboxylic acid groups (broad SMARTS) is 1. The summed E-state index contributed by atoms with van der Waals surface area (Å²) < 4.78 is 341. The van der Waals surface area contributed by atoms with Crippen molar-refractivity contribution in [2.24, 2.45) is 16.2 Å². The molecule has 0 aliphatic heterocycles. The Bertz CT molecular complexity index is 1210. The maximum Gasteiger partial charge on any atom is 0.331 e. The van der Waals surface area contributed by atoms with E-state index >= 15 is 92.2 Å². The molecule has 0 saturated heterocycles. The zero-order chi connectivity index (χ0) is 42.8. The highest BCUT2D eigenvalue weighted by Crippen LogP contribution is 2.86. The van der Waals surface area contributed by atoms with E-state index in [9.17, 15) is 9.90 Å².